The fourth-order valence-electron chi connectivity index (χ4n) is 3.25. The first-order valence-corrected chi connectivity index (χ1v) is 7.78. The molecule has 7 heteroatoms. The molecule has 7 nitrogen and oxygen atoms in total. The molecule has 1 atom stereocenters. The molecule has 1 N–H and O–H groups in total. The van der Waals surface area contributed by atoms with E-state index in [1.54, 1.807) is 4.68 Å². The largest absolute Gasteiger partial charge is 0.340 e. The van der Waals surface area contributed by atoms with Crippen LogP contribution in [0.4, 0.5) is 0 Å². The van der Waals surface area contributed by atoms with Crippen LogP contribution < -0.4 is 0 Å². The number of hydrogen-bond donors (Lipinski definition) is 1. The molecule has 118 valence electrons. The van der Waals surface area contributed by atoms with E-state index in [0.717, 1.165) is 41.8 Å². The number of amides is 1. The zero-order chi connectivity index (χ0) is 15.8. The lowest BCUT2D eigenvalue weighted by Crippen LogP contribution is -2.32. The number of H-pyrrole nitrogens is 1. The number of hydrogen-bond acceptors (Lipinski definition) is 4. The van der Waals surface area contributed by atoms with E-state index >= 15 is 0 Å². The molecule has 1 amide bonds. The zero-order valence-electron chi connectivity index (χ0n) is 12.9. The summed E-state index contributed by atoms with van der Waals surface area (Å²) in [6.07, 6.45) is 2.80. The fraction of sp³-hybridized carbons (Fsp3) is 0.375. The maximum Gasteiger partial charge on any atom is 0.244 e. The second kappa shape index (κ2) is 5.49. The van der Waals surface area contributed by atoms with Crippen molar-refractivity contribution in [3.8, 4) is 0 Å². The summed E-state index contributed by atoms with van der Waals surface area (Å²) in [5.74, 6) is 0.425. The Kier molecular flexibility index (Phi) is 3.33. The average molecular weight is 310 g/mol. The molecular weight excluding hydrogens is 292 g/mol. The molecule has 0 radical (unpaired) electrons. The normalized spacial score (nSPS) is 18.0. The second-order valence-electron chi connectivity index (χ2n) is 6.03. The summed E-state index contributed by atoms with van der Waals surface area (Å²) in [7, 11) is 0. The van der Waals surface area contributed by atoms with E-state index in [-0.39, 0.29) is 12.5 Å². The lowest BCUT2D eigenvalue weighted by Gasteiger charge is -2.16. The number of aromatic amines is 1. The molecule has 0 unspecified atom stereocenters. The minimum atomic E-state index is 0.0836. The SMILES string of the molecule is Cc1cn[nH]c1[C@H]1CCN(C(=O)Cn2nnc3ccccc32)C1. The number of fused-ring (bicyclic) bond motifs is 1. The number of aromatic nitrogens is 5. The molecule has 3 heterocycles. The summed E-state index contributed by atoms with van der Waals surface area (Å²) >= 11 is 0. The summed E-state index contributed by atoms with van der Waals surface area (Å²) in [6, 6.07) is 7.68. The van der Waals surface area contributed by atoms with Crippen molar-refractivity contribution in [2.45, 2.75) is 25.8 Å². The van der Waals surface area contributed by atoms with Gasteiger partial charge in [0, 0.05) is 24.7 Å². The molecule has 1 aliphatic rings. The smallest absolute Gasteiger partial charge is 0.244 e. The Balaban J connectivity index is 1.47. The average Bonchev–Trinajstić information content (AvgIpc) is 3.27. The van der Waals surface area contributed by atoms with Crippen LogP contribution in [0, 0.1) is 6.92 Å². The number of aryl methyl sites for hydroxylation is 1. The summed E-state index contributed by atoms with van der Waals surface area (Å²) in [4.78, 5) is 14.5. The van der Waals surface area contributed by atoms with Crippen LogP contribution in [0.3, 0.4) is 0 Å². The number of likely N-dealkylation sites (tertiary alicyclic amines) is 1. The van der Waals surface area contributed by atoms with Gasteiger partial charge in [0.1, 0.15) is 12.1 Å². The van der Waals surface area contributed by atoms with Gasteiger partial charge in [-0.1, -0.05) is 17.3 Å². The number of para-hydroxylation sites is 1. The van der Waals surface area contributed by atoms with Gasteiger partial charge in [-0.05, 0) is 31.0 Å². The molecule has 1 saturated heterocycles. The van der Waals surface area contributed by atoms with E-state index in [4.69, 9.17) is 0 Å². The van der Waals surface area contributed by atoms with Gasteiger partial charge in [-0.25, -0.2) is 4.68 Å². The van der Waals surface area contributed by atoms with Crippen molar-refractivity contribution in [2.75, 3.05) is 13.1 Å². The minimum absolute atomic E-state index is 0.0836. The van der Waals surface area contributed by atoms with Gasteiger partial charge in [0.05, 0.1) is 11.7 Å². The Bertz CT molecular complexity index is 851. The van der Waals surface area contributed by atoms with Gasteiger partial charge < -0.3 is 4.90 Å². The quantitative estimate of drug-likeness (QED) is 0.794. The molecule has 4 rings (SSSR count). The van der Waals surface area contributed by atoms with E-state index in [1.807, 2.05) is 42.3 Å². The number of carbonyl (C=O) groups excluding carboxylic acids is 1. The number of rotatable bonds is 3. The van der Waals surface area contributed by atoms with Crippen LogP contribution in [-0.2, 0) is 11.3 Å². The summed E-state index contributed by atoms with van der Waals surface area (Å²) < 4.78 is 1.67. The Hall–Kier alpha value is -2.70. The lowest BCUT2D eigenvalue weighted by atomic mass is 10.0. The fourth-order valence-corrected chi connectivity index (χ4v) is 3.25. The van der Waals surface area contributed by atoms with Gasteiger partial charge in [-0.15, -0.1) is 5.10 Å². The summed E-state index contributed by atoms with van der Waals surface area (Å²) in [5, 5.41) is 15.3. The van der Waals surface area contributed by atoms with Gasteiger partial charge in [0.15, 0.2) is 0 Å². The topological polar surface area (TPSA) is 79.7 Å². The van der Waals surface area contributed by atoms with Crippen molar-refractivity contribution < 1.29 is 4.79 Å². The third kappa shape index (κ3) is 2.48. The van der Waals surface area contributed by atoms with Crippen molar-refractivity contribution in [3.05, 3.63) is 41.7 Å². The number of nitrogens with zero attached hydrogens (tertiary/aromatic N) is 5. The van der Waals surface area contributed by atoms with Crippen LogP contribution >= 0.6 is 0 Å². The van der Waals surface area contributed by atoms with Gasteiger partial charge in [-0.3, -0.25) is 9.89 Å². The Morgan fingerprint density at radius 1 is 1.39 bits per heavy atom. The minimum Gasteiger partial charge on any atom is -0.340 e. The summed E-state index contributed by atoms with van der Waals surface area (Å²) in [5.41, 5.74) is 4.01. The van der Waals surface area contributed by atoms with Crippen LogP contribution in [-0.4, -0.2) is 49.1 Å². The third-order valence-electron chi connectivity index (χ3n) is 4.52. The van der Waals surface area contributed by atoms with Gasteiger partial charge in [-0.2, -0.15) is 5.10 Å². The predicted molar refractivity (Wildman–Crippen MR) is 84.8 cm³/mol. The molecule has 1 aliphatic heterocycles. The highest BCUT2D eigenvalue weighted by molar-refractivity contribution is 5.80. The molecule has 0 bridgehead atoms. The maximum atomic E-state index is 12.6. The van der Waals surface area contributed by atoms with Crippen molar-refractivity contribution in [2.24, 2.45) is 0 Å². The van der Waals surface area contributed by atoms with E-state index in [1.165, 1.54) is 0 Å². The zero-order valence-corrected chi connectivity index (χ0v) is 12.9. The Labute approximate surface area is 133 Å². The van der Waals surface area contributed by atoms with Crippen LogP contribution in [0.15, 0.2) is 30.5 Å². The summed E-state index contributed by atoms with van der Waals surface area (Å²) in [6.45, 7) is 3.78. The molecular formula is C16H18N6O. The number of carbonyl (C=O) groups is 1. The molecule has 2 aromatic heterocycles. The Morgan fingerprint density at radius 2 is 2.26 bits per heavy atom. The first-order chi connectivity index (χ1) is 11.2. The van der Waals surface area contributed by atoms with Crippen molar-refractivity contribution in [1.82, 2.24) is 30.1 Å². The van der Waals surface area contributed by atoms with E-state index in [0.29, 0.717) is 5.92 Å². The van der Waals surface area contributed by atoms with E-state index in [2.05, 4.69) is 20.5 Å². The van der Waals surface area contributed by atoms with Crippen molar-refractivity contribution >= 4 is 16.9 Å². The van der Waals surface area contributed by atoms with Crippen LogP contribution in [0.2, 0.25) is 0 Å². The third-order valence-corrected chi connectivity index (χ3v) is 4.52. The maximum absolute atomic E-state index is 12.6. The number of nitrogens with one attached hydrogen (secondary N) is 1. The first kappa shape index (κ1) is 13.9. The molecule has 23 heavy (non-hydrogen) atoms. The highest BCUT2D eigenvalue weighted by atomic mass is 16.2. The molecule has 3 aromatic rings. The second-order valence-corrected chi connectivity index (χ2v) is 6.03. The van der Waals surface area contributed by atoms with E-state index < -0.39 is 0 Å². The van der Waals surface area contributed by atoms with Crippen molar-refractivity contribution in [3.63, 3.8) is 0 Å². The lowest BCUT2D eigenvalue weighted by molar-refractivity contribution is -0.130. The van der Waals surface area contributed by atoms with Gasteiger partial charge in [0.25, 0.3) is 0 Å². The molecule has 0 saturated carbocycles. The molecule has 0 spiro atoms. The highest BCUT2D eigenvalue weighted by Crippen LogP contribution is 2.27. The van der Waals surface area contributed by atoms with Crippen LogP contribution in [0.5, 0.6) is 0 Å². The van der Waals surface area contributed by atoms with Gasteiger partial charge in [0.2, 0.25) is 5.91 Å². The monoisotopic (exact) mass is 310 g/mol. The van der Waals surface area contributed by atoms with E-state index in [9.17, 15) is 4.79 Å². The number of benzene rings is 1. The van der Waals surface area contributed by atoms with Crippen LogP contribution in [0.25, 0.3) is 11.0 Å². The standard InChI is InChI=1S/C16H18N6O/c1-11-8-17-19-16(11)12-6-7-21(9-12)15(23)10-22-14-5-3-2-4-13(14)18-20-22/h2-5,8,12H,6-7,9-10H2,1H3,(H,17,19)/t12-/m0/s1. The first-order valence-electron chi connectivity index (χ1n) is 7.78. The highest BCUT2D eigenvalue weighted by Gasteiger charge is 2.29. The van der Waals surface area contributed by atoms with Crippen molar-refractivity contribution in [1.29, 1.82) is 0 Å². The molecule has 0 aliphatic carbocycles. The van der Waals surface area contributed by atoms with Gasteiger partial charge >= 0.3 is 0 Å². The molecule has 1 fully saturated rings. The Morgan fingerprint density at radius 3 is 3.09 bits per heavy atom. The molecule has 1 aromatic carbocycles. The predicted octanol–water partition coefficient (Wildman–Crippen LogP) is 1.48. The van der Waals surface area contributed by atoms with Crippen LogP contribution in [0.1, 0.15) is 23.6 Å².